The molecule has 1 aliphatic heterocycles. The summed E-state index contributed by atoms with van der Waals surface area (Å²) in [6, 6.07) is 6.33. The van der Waals surface area contributed by atoms with Gasteiger partial charge in [0.1, 0.15) is 0 Å². The fourth-order valence-corrected chi connectivity index (χ4v) is 4.18. The van der Waals surface area contributed by atoms with Crippen molar-refractivity contribution in [2.75, 3.05) is 43.7 Å². The fourth-order valence-electron chi connectivity index (χ4n) is 3.45. The van der Waals surface area contributed by atoms with E-state index in [0.717, 1.165) is 24.4 Å². The van der Waals surface area contributed by atoms with Gasteiger partial charge in [-0.1, -0.05) is 0 Å². The molecule has 1 aliphatic rings. The fraction of sp³-hybridized carbons (Fsp3) is 0.227. The minimum Gasteiger partial charge on any atom is -0.493 e. The number of rotatable bonds is 9. The molecule has 0 saturated carbocycles. The summed E-state index contributed by atoms with van der Waals surface area (Å²) in [5.41, 5.74) is 2.23. The van der Waals surface area contributed by atoms with Gasteiger partial charge in [0.2, 0.25) is 11.7 Å². The van der Waals surface area contributed by atoms with Gasteiger partial charge in [-0.25, -0.2) is 14.8 Å². The molecule has 16 heteroatoms. The summed E-state index contributed by atoms with van der Waals surface area (Å²) in [5.74, 6) is -0.0879. The third-order valence-corrected chi connectivity index (χ3v) is 6.03. The zero-order valence-electron chi connectivity index (χ0n) is 19.7. The van der Waals surface area contributed by atoms with E-state index in [1.807, 2.05) is 22.6 Å². The molecule has 0 bridgehead atoms. The number of non-ortho nitro benzene ring substituents is 1. The van der Waals surface area contributed by atoms with Crippen molar-refractivity contribution in [3.8, 4) is 17.2 Å². The minimum absolute atomic E-state index is 0.0937. The Hall–Kier alpha value is -4.19. The highest BCUT2D eigenvalue weighted by Crippen LogP contribution is 2.41. The molecule has 2 aromatic carbocycles. The Morgan fingerprint density at radius 1 is 1.18 bits per heavy atom. The lowest BCUT2D eigenvalue weighted by atomic mass is 10.2. The van der Waals surface area contributed by atoms with Crippen LogP contribution in [0, 0.1) is 29.6 Å². The van der Waals surface area contributed by atoms with E-state index in [4.69, 9.17) is 14.2 Å². The van der Waals surface area contributed by atoms with Crippen molar-refractivity contribution >= 4 is 51.9 Å². The first-order valence-electron chi connectivity index (χ1n) is 10.9. The van der Waals surface area contributed by atoms with Crippen LogP contribution < -0.4 is 19.8 Å². The maximum absolute atomic E-state index is 14.2. The van der Waals surface area contributed by atoms with E-state index < -0.39 is 27.0 Å². The zero-order valence-corrected chi connectivity index (χ0v) is 21.8. The van der Waals surface area contributed by atoms with Crippen molar-refractivity contribution in [2.24, 2.45) is 5.10 Å². The summed E-state index contributed by atoms with van der Waals surface area (Å²) in [4.78, 5) is 30.8. The van der Waals surface area contributed by atoms with Crippen molar-refractivity contribution in [1.29, 1.82) is 0 Å². The van der Waals surface area contributed by atoms with Gasteiger partial charge in [-0.15, -0.1) is 0 Å². The molecule has 3 aromatic rings. The predicted octanol–water partition coefficient (Wildman–Crippen LogP) is 4.12. The van der Waals surface area contributed by atoms with Crippen LogP contribution in [0.4, 0.5) is 27.5 Å². The van der Waals surface area contributed by atoms with Gasteiger partial charge in [0.15, 0.2) is 23.1 Å². The standard InChI is InChI=1S/C22H19FIN7O7/c1-36-19-9-13(11-26-28-22-25-12-15(23)21(27-22)29-4-6-37-7-5-29)8-16(24)20(19)38-18-3-2-14(30(32)33)10-17(18)31(34)35/h2-3,8-12H,4-7H2,1H3,(H,25,27,28)/b26-11-. The largest absolute Gasteiger partial charge is 0.493 e. The van der Waals surface area contributed by atoms with E-state index in [9.17, 15) is 24.6 Å². The number of nitro groups is 2. The van der Waals surface area contributed by atoms with Gasteiger partial charge in [0.25, 0.3) is 5.69 Å². The number of ether oxygens (including phenoxy) is 3. The number of halogens is 2. The van der Waals surface area contributed by atoms with Gasteiger partial charge in [0, 0.05) is 19.2 Å². The monoisotopic (exact) mass is 639 g/mol. The molecule has 1 aromatic heterocycles. The molecule has 0 spiro atoms. The topological polar surface area (TPSA) is 167 Å². The Labute approximate surface area is 227 Å². The minimum atomic E-state index is -0.767. The van der Waals surface area contributed by atoms with Crippen LogP contribution in [-0.4, -0.2) is 59.4 Å². The molecule has 0 unspecified atom stereocenters. The normalized spacial score (nSPS) is 13.4. The van der Waals surface area contributed by atoms with Gasteiger partial charge in [-0.2, -0.15) is 10.1 Å². The number of nitro benzene ring substituents is 2. The van der Waals surface area contributed by atoms with Gasteiger partial charge >= 0.3 is 5.69 Å². The molecule has 1 fully saturated rings. The van der Waals surface area contributed by atoms with Crippen molar-refractivity contribution in [1.82, 2.24) is 9.97 Å². The Balaban J connectivity index is 1.53. The average molecular weight is 639 g/mol. The number of aromatic nitrogens is 2. The molecule has 0 aliphatic carbocycles. The molecule has 1 saturated heterocycles. The number of methoxy groups -OCH3 is 1. The molecule has 198 valence electrons. The first kappa shape index (κ1) is 26.9. The maximum atomic E-state index is 14.2. The van der Waals surface area contributed by atoms with Gasteiger partial charge in [-0.3, -0.25) is 20.2 Å². The third kappa shape index (κ3) is 6.20. The number of benzene rings is 2. The highest BCUT2D eigenvalue weighted by atomic mass is 127. The second-order valence-corrected chi connectivity index (χ2v) is 8.80. The van der Waals surface area contributed by atoms with Crippen LogP contribution in [0.25, 0.3) is 0 Å². The Morgan fingerprint density at radius 3 is 2.63 bits per heavy atom. The number of anilines is 2. The smallest absolute Gasteiger partial charge is 0.318 e. The van der Waals surface area contributed by atoms with Crippen molar-refractivity contribution in [2.45, 2.75) is 0 Å². The first-order chi connectivity index (χ1) is 18.3. The highest BCUT2D eigenvalue weighted by molar-refractivity contribution is 14.1. The van der Waals surface area contributed by atoms with Gasteiger partial charge < -0.3 is 19.1 Å². The Morgan fingerprint density at radius 2 is 1.95 bits per heavy atom. The molecule has 1 N–H and O–H groups in total. The first-order valence-corrected chi connectivity index (χ1v) is 12.0. The molecule has 2 heterocycles. The van der Waals surface area contributed by atoms with Crippen LogP contribution in [0.3, 0.4) is 0 Å². The van der Waals surface area contributed by atoms with Crippen LogP contribution in [0.5, 0.6) is 17.2 Å². The van der Waals surface area contributed by atoms with E-state index in [-0.39, 0.29) is 29.0 Å². The van der Waals surface area contributed by atoms with Crippen LogP contribution in [-0.2, 0) is 4.74 Å². The molecule has 38 heavy (non-hydrogen) atoms. The Bertz CT molecular complexity index is 1400. The Kier molecular flexibility index (Phi) is 8.41. The van der Waals surface area contributed by atoms with Gasteiger partial charge in [0.05, 0.1) is 52.2 Å². The second kappa shape index (κ2) is 11.9. The zero-order chi connectivity index (χ0) is 27.2. The summed E-state index contributed by atoms with van der Waals surface area (Å²) < 4.78 is 31.2. The average Bonchev–Trinajstić information content (AvgIpc) is 2.91. The van der Waals surface area contributed by atoms with Crippen molar-refractivity contribution in [3.63, 3.8) is 0 Å². The second-order valence-electron chi connectivity index (χ2n) is 7.64. The number of nitrogens with zero attached hydrogens (tertiary/aromatic N) is 6. The lowest BCUT2D eigenvalue weighted by Gasteiger charge is -2.27. The summed E-state index contributed by atoms with van der Waals surface area (Å²) in [7, 11) is 1.39. The van der Waals surface area contributed by atoms with E-state index in [1.165, 1.54) is 13.3 Å². The van der Waals surface area contributed by atoms with E-state index in [2.05, 4.69) is 20.5 Å². The predicted molar refractivity (Wildman–Crippen MR) is 142 cm³/mol. The number of hydrogen-bond donors (Lipinski definition) is 1. The molecule has 4 rings (SSSR count). The summed E-state index contributed by atoms with van der Waals surface area (Å²) in [5, 5.41) is 26.5. The molecular weight excluding hydrogens is 620 g/mol. The molecule has 0 atom stereocenters. The molecular formula is C22H19FIN7O7. The number of morpholine rings is 1. The highest BCUT2D eigenvalue weighted by Gasteiger charge is 2.23. The van der Waals surface area contributed by atoms with Gasteiger partial charge in [-0.05, 0) is 46.4 Å². The lowest BCUT2D eigenvalue weighted by Crippen LogP contribution is -2.37. The summed E-state index contributed by atoms with van der Waals surface area (Å²) in [6.45, 7) is 1.96. The number of hydrazone groups is 1. The van der Waals surface area contributed by atoms with Crippen LogP contribution in [0.15, 0.2) is 41.6 Å². The maximum Gasteiger partial charge on any atom is 0.318 e. The van der Waals surface area contributed by atoms with E-state index in [1.54, 1.807) is 17.0 Å². The van der Waals surface area contributed by atoms with Crippen LogP contribution >= 0.6 is 22.6 Å². The molecule has 0 radical (unpaired) electrons. The molecule has 14 nitrogen and oxygen atoms in total. The SMILES string of the molecule is COc1cc(/C=N\Nc2ncc(F)c(N3CCOCC3)n2)cc(I)c1Oc1ccc([N+](=O)[O-])cc1[N+](=O)[O-]. The quantitative estimate of drug-likeness (QED) is 0.155. The van der Waals surface area contributed by atoms with Crippen molar-refractivity contribution in [3.05, 3.63) is 71.7 Å². The van der Waals surface area contributed by atoms with Crippen LogP contribution in [0.2, 0.25) is 0 Å². The number of hydrogen-bond acceptors (Lipinski definition) is 12. The lowest BCUT2D eigenvalue weighted by molar-refractivity contribution is -0.394. The van der Waals surface area contributed by atoms with E-state index >= 15 is 0 Å². The molecule has 0 amide bonds. The number of nitrogens with one attached hydrogen (secondary N) is 1. The summed E-state index contributed by atoms with van der Waals surface area (Å²) >= 11 is 1.96. The van der Waals surface area contributed by atoms with Crippen LogP contribution in [0.1, 0.15) is 5.56 Å². The van der Waals surface area contributed by atoms with Crippen molar-refractivity contribution < 1.29 is 28.4 Å². The summed E-state index contributed by atoms with van der Waals surface area (Å²) in [6.07, 6.45) is 2.51. The van der Waals surface area contributed by atoms with E-state index in [0.29, 0.717) is 35.4 Å². The third-order valence-electron chi connectivity index (χ3n) is 5.23.